The van der Waals surface area contributed by atoms with E-state index in [1.807, 2.05) is 0 Å². The molecule has 0 amide bonds. The largest absolute Gasteiger partial charge is 0.466 e. The lowest BCUT2D eigenvalue weighted by atomic mass is 9.97. The van der Waals surface area contributed by atoms with Crippen LogP contribution in [0.1, 0.15) is 214 Å². The van der Waals surface area contributed by atoms with Crippen LogP contribution in [-0.4, -0.2) is 101 Å². The van der Waals surface area contributed by atoms with Gasteiger partial charge in [-0.05, 0) is 84.3 Å². The second kappa shape index (κ2) is 41.1. The number of rotatable bonds is 43. The first-order chi connectivity index (χ1) is 28.4. The highest BCUT2D eigenvalue weighted by molar-refractivity contribution is 5.69. The Morgan fingerprint density at radius 3 is 1.26 bits per heavy atom. The number of hydrogen-bond donors (Lipinski definition) is 1. The van der Waals surface area contributed by atoms with E-state index in [9.17, 15) is 9.59 Å². The van der Waals surface area contributed by atoms with Crippen LogP contribution in [0.2, 0.25) is 0 Å². The van der Waals surface area contributed by atoms with E-state index in [1.165, 1.54) is 77.3 Å². The van der Waals surface area contributed by atoms with Crippen molar-refractivity contribution in [3.8, 4) is 0 Å². The first-order valence-electron chi connectivity index (χ1n) is 24.6. The molecule has 1 aliphatic heterocycles. The van der Waals surface area contributed by atoms with Crippen molar-refractivity contribution in [2.75, 3.05) is 59.8 Å². The summed E-state index contributed by atoms with van der Waals surface area (Å²) in [4.78, 5) is 27.3. The molecule has 10 nitrogen and oxygen atoms in total. The molecular weight excluding hydrogens is 733 g/mol. The second-order valence-corrected chi connectivity index (χ2v) is 16.9. The molecule has 0 aromatic rings. The lowest BCUT2D eigenvalue weighted by Gasteiger charge is -2.33. The predicted molar refractivity (Wildman–Crippen MR) is 238 cm³/mol. The van der Waals surface area contributed by atoms with E-state index in [-0.39, 0.29) is 24.5 Å². The summed E-state index contributed by atoms with van der Waals surface area (Å²) in [5.41, 5.74) is 0. The molecule has 0 bridgehead atoms. The Morgan fingerprint density at radius 1 is 0.483 bits per heavy atom. The van der Waals surface area contributed by atoms with Crippen LogP contribution in [0, 0.1) is 0 Å². The number of ether oxygens (including phenoxy) is 6. The van der Waals surface area contributed by atoms with Crippen LogP contribution in [0.25, 0.3) is 0 Å². The molecule has 1 rings (SSSR count). The van der Waals surface area contributed by atoms with Gasteiger partial charge in [0.05, 0.1) is 26.1 Å². The normalized spacial score (nSPS) is 14.9. The molecular formula is C48H94N2O8. The number of unbranched alkanes of at least 4 members (excludes halogenated alkanes) is 15. The summed E-state index contributed by atoms with van der Waals surface area (Å²) in [5.74, 6) is -0.285. The Morgan fingerprint density at radius 2 is 0.845 bits per heavy atom. The molecule has 1 fully saturated rings. The maximum absolute atomic E-state index is 12.4. The average Bonchev–Trinajstić information content (AvgIpc) is 3.22. The molecule has 0 saturated carbocycles. The fraction of sp³-hybridized carbons (Fsp3) is 0.958. The molecule has 0 aliphatic carbocycles. The van der Waals surface area contributed by atoms with Crippen molar-refractivity contribution in [3.05, 3.63) is 0 Å². The molecule has 344 valence electrons. The van der Waals surface area contributed by atoms with Crippen LogP contribution in [0.15, 0.2) is 0 Å². The Labute approximate surface area is 357 Å². The first kappa shape index (κ1) is 54.7. The highest BCUT2D eigenvalue weighted by Crippen LogP contribution is 2.18. The lowest BCUT2D eigenvalue weighted by Crippen LogP contribution is -2.45. The zero-order valence-electron chi connectivity index (χ0n) is 38.7. The van der Waals surface area contributed by atoms with E-state index in [2.05, 4.69) is 45.0 Å². The number of esters is 2. The van der Waals surface area contributed by atoms with Gasteiger partial charge in [-0.1, -0.05) is 124 Å². The van der Waals surface area contributed by atoms with E-state index in [1.54, 1.807) is 0 Å². The molecule has 10 heteroatoms. The van der Waals surface area contributed by atoms with Crippen LogP contribution in [0.5, 0.6) is 0 Å². The third-order valence-corrected chi connectivity index (χ3v) is 11.2. The minimum Gasteiger partial charge on any atom is -0.466 e. The number of nitrogens with zero attached hydrogens (tertiary/aromatic N) is 1. The predicted octanol–water partition coefficient (Wildman–Crippen LogP) is 11.5. The van der Waals surface area contributed by atoms with Gasteiger partial charge < -0.3 is 38.6 Å². The second-order valence-electron chi connectivity index (χ2n) is 16.9. The molecule has 0 radical (unpaired) electrons. The molecule has 2 atom stereocenters. The van der Waals surface area contributed by atoms with Gasteiger partial charge in [0.1, 0.15) is 0 Å². The van der Waals surface area contributed by atoms with E-state index in [4.69, 9.17) is 28.4 Å². The van der Waals surface area contributed by atoms with Gasteiger partial charge in [-0.15, -0.1) is 0 Å². The topological polar surface area (TPSA) is 105 Å². The third kappa shape index (κ3) is 34.4. The summed E-state index contributed by atoms with van der Waals surface area (Å²) in [6.45, 7) is 14.8. The van der Waals surface area contributed by atoms with Gasteiger partial charge in [-0.2, -0.15) is 0 Å². The van der Waals surface area contributed by atoms with Crippen LogP contribution < -0.4 is 5.32 Å². The van der Waals surface area contributed by atoms with E-state index < -0.39 is 0 Å². The van der Waals surface area contributed by atoms with E-state index in [0.29, 0.717) is 77.4 Å². The molecule has 1 N–H and O–H groups in total. The van der Waals surface area contributed by atoms with Gasteiger partial charge >= 0.3 is 11.9 Å². The van der Waals surface area contributed by atoms with Crippen molar-refractivity contribution < 1.29 is 38.0 Å². The van der Waals surface area contributed by atoms with Gasteiger partial charge in [-0.3, -0.25) is 9.59 Å². The van der Waals surface area contributed by atoms with Crippen LogP contribution in [0.3, 0.4) is 0 Å². The summed E-state index contributed by atoms with van der Waals surface area (Å²) in [6.07, 6.45) is 29.6. The van der Waals surface area contributed by atoms with Crippen LogP contribution >= 0.6 is 0 Å². The fourth-order valence-electron chi connectivity index (χ4n) is 7.34. The zero-order chi connectivity index (χ0) is 42.2. The van der Waals surface area contributed by atoms with Crippen LogP contribution in [0.4, 0.5) is 0 Å². The van der Waals surface area contributed by atoms with E-state index in [0.717, 1.165) is 96.3 Å². The fourth-order valence-corrected chi connectivity index (χ4v) is 7.34. The van der Waals surface area contributed by atoms with E-state index >= 15 is 0 Å². The quantitative estimate of drug-likeness (QED) is 0.0363. The number of nitrogens with one attached hydrogen (secondary N) is 1. The maximum Gasteiger partial charge on any atom is 0.305 e. The Kier molecular flexibility index (Phi) is 38.7. The molecule has 1 heterocycles. The molecule has 0 aromatic carbocycles. The molecule has 0 aromatic heterocycles. The van der Waals surface area contributed by atoms with Crippen molar-refractivity contribution >= 4 is 11.9 Å². The Bertz CT molecular complexity index is 891. The Balaban J connectivity index is 2.24. The lowest BCUT2D eigenvalue weighted by molar-refractivity contribution is -0.159. The van der Waals surface area contributed by atoms with Crippen molar-refractivity contribution in [2.24, 2.45) is 0 Å². The SMILES string of the molecule is CCCCCOC(CCC(=O)OCCCCCCCC(CCCCCCCOC(=O)CCC(OCCCCC)OCCCCC)NC1CCN(C)CC1)OCCCC. The number of likely N-dealkylation sites (tertiary alicyclic amines) is 1. The van der Waals surface area contributed by atoms with Crippen molar-refractivity contribution in [1.82, 2.24) is 10.2 Å². The summed E-state index contributed by atoms with van der Waals surface area (Å²) < 4.78 is 34.8. The Hall–Kier alpha value is -1.30. The number of hydrogen-bond acceptors (Lipinski definition) is 10. The highest BCUT2D eigenvalue weighted by Gasteiger charge is 2.20. The van der Waals surface area contributed by atoms with Gasteiger partial charge in [0.25, 0.3) is 0 Å². The van der Waals surface area contributed by atoms with Gasteiger partial charge in [-0.25, -0.2) is 0 Å². The molecule has 1 aliphatic rings. The third-order valence-electron chi connectivity index (χ3n) is 11.2. The summed E-state index contributed by atoms with van der Waals surface area (Å²) >= 11 is 0. The number of carbonyl (C=O) groups is 2. The van der Waals surface area contributed by atoms with Gasteiger partial charge in [0, 0.05) is 51.4 Å². The van der Waals surface area contributed by atoms with Crippen molar-refractivity contribution in [3.63, 3.8) is 0 Å². The van der Waals surface area contributed by atoms with Gasteiger partial charge in [0.2, 0.25) is 0 Å². The van der Waals surface area contributed by atoms with Crippen LogP contribution in [-0.2, 0) is 38.0 Å². The molecule has 2 unspecified atom stereocenters. The van der Waals surface area contributed by atoms with Crippen molar-refractivity contribution in [2.45, 2.75) is 239 Å². The minimum absolute atomic E-state index is 0.141. The summed E-state index contributed by atoms with van der Waals surface area (Å²) in [7, 11) is 2.23. The van der Waals surface area contributed by atoms with Crippen molar-refractivity contribution in [1.29, 1.82) is 0 Å². The number of piperidine rings is 1. The summed E-state index contributed by atoms with van der Waals surface area (Å²) in [5, 5.41) is 4.05. The highest BCUT2D eigenvalue weighted by atomic mass is 16.7. The summed E-state index contributed by atoms with van der Waals surface area (Å²) in [6, 6.07) is 1.21. The maximum atomic E-state index is 12.4. The molecule has 58 heavy (non-hydrogen) atoms. The molecule has 0 spiro atoms. The molecule has 1 saturated heterocycles. The smallest absolute Gasteiger partial charge is 0.305 e. The monoisotopic (exact) mass is 827 g/mol. The number of carbonyl (C=O) groups excluding carboxylic acids is 2. The van der Waals surface area contributed by atoms with Gasteiger partial charge in [0.15, 0.2) is 12.6 Å². The minimum atomic E-state index is -0.312. The standard InChI is InChI=1S/C48H94N2O8/c1-6-10-22-40-56-47(55-37-13-9-4)31-29-45(51)53-38-25-18-14-16-20-27-43(49-44-33-35-50(5)36-34-44)28-21-17-15-19-26-39-54-46(52)30-32-48(57-41-23-11-7-2)58-42-24-12-8-3/h43-44,47-49H,6-42H2,1-5H3. The average molecular weight is 827 g/mol. The zero-order valence-corrected chi connectivity index (χ0v) is 38.7. The first-order valence-corrected chi connectivity index (χ1v) is 24.6.